The molecule has 124 valence electrons. The Morgan fingerprint density at radius 2 is 1.54 bits per heavy atom. The average Bonchev–Trinajstić information content (AvgIpc) is 2.50. The van der Waals surface area contributed by atoms with Crippen molar-refractivity contribution in [1.29, 1.82) is 0 Å². The second-order valence-corrected chi connectivity index (χ2v) is 5.32. The van der Waals surface area contributed by atoms with E-state index in [4.69, 9.17) is 0 Å². The highest BCUT2D eigenvalue weighted by Crippen LogP contribution is 2.26. The van der Waals surface area contributed by atoms with E-state index in [1.54, 1.807) is 25.1 Å². The Bertz CT molecular complexity index is 831. The van der Waals surface area contributed by atoms with Crippen molar-refractivity contribution in [2.75, 3.05) is 10.6 Å². The largest absolute Gasteiger partial charge is 0.326 e. The van der Waals surface area contributed by atoms with E-state index in [1.807, 2.05) is 0 Å². The van der Waals surface area contributed by atoms with Crippen molar-refractivity contribution in [3.05, 3.63) is 63.2 Å². The Hall–Kier alpha value is -3.22. The van der Waals surface area contributed by atoms with Gasteiger partial charge in [0.05, 0.1) is 4.92 Å². The molecule has 0 aliphatic rings. The summed E-state index contributed by atoms with van der Waals surface area (Å²) in [6, 6.07) is 9.49. The predicted octanol–water partition coefficient (Wildman–Crippen LogP) is 3.42. The van der Waals surface area contributed by atoms with E-state index in [2.05, 4.69) is 10.6 Å². The number of amides is 2. The first-order valence-corrected chi connectivity index (χ1v) is 7.24. The molecule has 0 fully saturated rings. The Balaban J connectivity index is 2.33. The molecule has 0 atom stereocenters. The Kier molecular flexibility index (Phi) is 4.93. The summed E-state index contributed by atoms with van der Waals surface area (Å²) in [7, 11) is 0. The Morgan fingerprint density at radius 3 is 2.12 bits per heavy atom. The number of hydrogen-bond donors (Lipinski definition) is 2. The van der Waals surface area contributed by atoms with E-state index < -0.39 is 10.8 Å². The molecule has 2 aromatic rings. The molecule has 0 heterocycles. The second-order valence-electron chi connectivity index (χ2n) is 5.32. The fourth-order valence-corrected chi connectivity index (χ4v) is 2.35. The molecule has 24 heavy (non-hydrogen) atoms. The first-order chi connectivity index (χ1) is 11.3. The molecular formula is C17H17N3O4. The summed E-state index contributed by atoms with van der Waals surface area (Å²) in [6.45, 7) is 4.70. The zero-order valence-electron chi connectivity index (χ0n) is 13.5. The van der Waals surface area contributed by atoms with Gasteiger partial charge in [0.15, 0.2) is 0 Å². The average molecular weight is 327 g/mol. The van der Waals surface area contributed by atoms with Gasteiger partial charge in [-0.1, -0.05) is 12.1 Å². The first-order valence-electron chi connectivity index (χ1n) is 7.24. The van der Waals surface area contributed by atoms with Crippen LogP contribution in [0, 0.1) is 24.0 Å². The van der Waals surface area contributed by atoms with Crippen molar-refractivity contribution >= 4 is 28.9 Å². The van der Waals surface area contributed by atoms with Crippen molar-refractivity contribution in [2.45, 2.75) is 20.8 Å². The van der Waals surface area contributed by atoms with Crippen molar-refractivity contribution in [3.8, 4) is 0 Å². The summed E-state index contributed by atoms with van der Waals surface area (Å²) in [6.07, 6.45) is 0. The van der Waals surface area contributed by atoms with E-state index in [-0.39, 0.29) is 17.2 Å². The molecule has 0 aliphatic heterocycles. The van der Waals surface area contributed by atoms with Crippen molar-refractivity contribution < 1.29 is 14.5 Å². The van der Waals surface area contributed by atoms with Crippen molar-refractivity contribution in [3.63, 3.8) is 0 Å². The minimum absolute atomic E-state index is 0.105. The lowest BCUT2D eigenvalue weighted by Crippen LogP contribution is -2.16. The maximum Gasteiger partial charge on any atom is 0.273 e. The highest BCUT2D eigenvalue weighted by molar-refractivity contribution is 6.06. The molecule has 0 aliphatic carbocycles. The third-order valence-electron chi connectivity index (χ3n) is 3.64. The molecule has 7 heteroatoms. The van der Waals surface area contributed by atoms with Crippen LogP contribution in [0.15, 0.2) is 36.4 Å². The van der Waals surface area contributed by atoms with Gasteiger partial charge in [-0.3, -0.25) is 19.7 Å². The van der Waals surface area contributed by atoms with Gasteiger partial charge in [0.2, 0.25) is 5.91 Å². The van der Waals surface area contributed by atoms with Gasteiger partial charge in [-0.2, -0.15) is 0 Å². The quantitative estimate of drug-likeness (QED) is 0.663. The number of nitro benzene ring substituents is 1. The number of rotatable bonds is 4. The van der Waals surface area contributed by atoms with Crippen LogP contribution in [0.2, 0.25) is 0 Å². The van der Waals surface area contributed by atoms with Crippen LogP contribution in [0.1, 0.15) is 28.4 Å². The maximum absolute atomic E-state index is 12.5. The van der Waals surface area contributed by atoms with Gasteiger partial charge in [-0.05, 0) is 37.6 Å². The number of carbonyl (C=O) groups excluding carboxylic acids is 2. The summed E-state index contributed by atoms with van der Waals surface area (Å²) < 4.78 is 0. The lowest BCUT2D eigenvalue weighted by atomic mass is 10.1. The number of carbonyl (C=O) groups is 2. The number of nitro groups is 1. The molecule has 0 radical (unpaired) electrons. The van der Waals surface area contributed by atoms with E-state index in [0.717, 1.165) is 0 Å². The molecule has 0 saturated heterocycles. The fraction of sp³-hybridized carbons (Fsp3) is 0.176. The first kappa shape index (κ1) is 17.1. The molecule has 7 nitrogen and oxygen atoms in total. The second kappa shape index (κ2) is 6.91. The van der Waals surface area contributed by atoms with Crippen molar-refractivity contribution in [2.24, 2.45) is 0 Å². The summed E-state index contributed by atoms with van der Waals surface area (Å²) in [5.74, 6) is -0.657. The van der Waals surface area contributed by atoms with E-state index in [9.17, 15) is 19.7 Å². The zero-order chi connectivity index (χ0) is 17.9. The van der Waals surface area contributed by atoms with E-state index in [0.29, 0.717) is 22.5 Å². The van der Waals surface area contributed by atoms with Crippen LogP contribution in [0.25, 0.3) is 0 Å². The van der Waals surface area contributed by atoms with Gasteiger partial charge in [0.1, 0.15) is 0 Å². The Labute approximate surface area is 138 Å². The number of nitrogens with one attached hydrogen (secondary N) is 2. The molecule has 0 bridgehead atoms. The molecule has 0 saturated carbocycles. The number of anilines is 2. The van der Waals surface area contributed by atoms with E-state index in [1.165, 1.54) is 32.0 Å². The number of hydrogen-bond acceptors (Lipinski definition) is 4. The van der Waals surface area contributed by atoms with Crippen LogP contribution in [0.4, 0.5) is 17.1 Å². The van der Waals surface area contributed by atoms with Crippen LogP contribution in [0.3, 0.4) is 0 Å². The SMILES string of the molecule is CC(=O)Nc1cccc(NC(=O)c2cccc([N+](=O)[O-])c2C)c1C. The molecule has 2 N–H and O–H groups in total. The summed E-state index contributed by atoms with van der Waals surface area (Å²) in [4.78, 5) is 34.1. The number of benzene rings is 2. The standard InChI is InChI=1S/C17H17N3O4/c1-10-13(6-4-9-16(10)20(23)24)17(22)19-15-8-5-7-14(11(15)2)18-12(3)21/h4-9H,1-3H3,(H,18,21)(H,19,22). The highest BCUT2D eigenvalue weighted by Gasteiger charge is 2.18. The lowest BCUT2D eigenvalue weighted by molar-refractivity contribution is -0.385. The molecule has 0 aromatic heterocycles. The molecule has 0 unspecified atom stereocenters. The third-order valence-corrected chi connectivity index (χ3v) is 3.64. The van der Waals surface area contributed by atoms with Gasteiger partial charge in [-0.25, -0.2) is 0 Å². The molecule has 2 aromatic carbocycles. The normalized spacial score (nSPS) is 10.1. The Morgan fingerprint density at radius 1 is 0.958 bits per heavy atom. The highest BCUT2D eigenvalue weighted by atomic mass is 16.6. The third kappa shape index (κ3) is 3.57. The van der Waals surface area contributed by atoms with Gasteiger partial charge < -0.3 is 10.6 Å². The molecule has 2 rings (SSSR count). The van der Waals surface area contributed by atoms with Crippen LogP contribution in [-0.2, 0) is 4.79 Å². The van der Waals surface area contributed by atoms with Crippen LogP contribution in [-0.4, -0.2) is 16.7 Å². The zero-order valence-corrected chi connectivity index (χ0v) is 13.5. The maximum atomic E-state index is 12.5. The van der Waals surface area contributed by atoms with Crippen LogP contribution in [0.5, 0.6) is 0 Å². The van der Waals surface area contributed by atoms with E-state index >= 15 is 0 Å². The minimum atomic E-state index is -0.519. The fourth-order valence-electron chi connectivity index (χ4n) is 2.35. The van der Waals surface area contributed by atoms with Gasteiger partial charge >= 0.3 is 0 Å². The summed E-state index contributed by atoms with van der Waals surface area (Å²) >= 11 is 0. The topological polar surface area (TPSA) is 101 Å². The number of nitrogens with zero attached hydrogens (tertiary/aromatic N) is 1. The molecular weight excluding hydrogens is 310 g/mol. The van der Waals surface area contributed by atoms with Crippen LogP contribution >= 0.6 is 0 Å². The molecule has 2 amide bonds. The van der Waals surface area contributed by atoms with Gasteiger partial charge in [-0.15, -0.1) is 0 Å². The summed E-state index contributed by atoms with van der Waals surface area (Å²) in [5, 5.41) is 16.4. The monoisotopic (exact) mass is 327 g/mol. The summed E-state index contributed by atoms with van der Waals surface area (Å²) in [5.41, 5.74) is 2.24. The lowest BCUT2D eigenvalue weighted by Gasteiger charge is -2.13. The minimum Gasteiger partial charge on any atom is -0.326 e. The molecule has 0 spiro atoms. The van der Waals surface area contributed by atoms with Gasteiger partial charge in [0, 0.05) is 35.5 Å². The predicted molar refractivity (Wildman–Crippen MR) is 91.3 cm³/mol. The van der Waals surface area contributed by atoms with Gasteiger partial charge in [0.25, 0.3) is 11.6 Å². The van der Waals surface area contributed by atoms with Crippen LogP contribution < -0.4 is 10.6 Å². The smallest absolute Gasteiger partial charge is 0.273 e. The van der Waals surface area contributed by atoms with Crippen molar-refractivity contribution in [1.82, 2.24) is 0 Å².